The van der Waals surface area contributed by atoms with Crippen LogP contribution in [0.15, 0.2) is 64.7 Å². The van der Waals surface area contributed by atoms with Crippen LogP contribution in [0.2, 0.25) is 0 Å². The molecule has 8 heteroatoms. The van der Waals surface area contributed by atoms with Gasteiger partial charge in [-0.1, -0.05) is 24.2 Å². The molecule has 1 aromatic heterocycles. The number of hydrogen-bond acceptors (Lipinski definition) is 7. The molecule has 1 aliphatic rings. The maximum atomic E-state index is 13.2. The first-order valence-corrected chi connectivity index (χ1v) is 10.6. The average Bonchev–Trinajstić information content (AvgIpc) is 3.38. The molecule has 2 heterocycles. The number of ether oxygens (including phenoxy) is 2. The fraction of sp³-hybridized carbons (Fsp3) is 0.240. The summed E-state index contributed by atoms with van der Waals surface area (Å²) in [5.41, 5.74) is 0.936. The zero-order valence-electron chi connectivity index (χ0n) is 18.6. The molecule has 0 bridgehead atoms. The Hall–Kier alpha value is -4.07. The van der Waals surface area contributed by atoms with Crippen LogP contribution in [-0.2, 0) is 9.59 Å². The molecule has 1 N–H and O–H groups in total. The number of aryl methyl sites for hydroxylation is 1. The minimum absolute atomic E-state index is 0.0431. The predicted molar refractivity (Wildman–Crippen MR) is 121 cm³/mol. The van der Waals surface area contributed by atoms with Crippen molar-refractivity contribution in [1.82, 2.24) is 5.16 Å². The Morgan fingerprint density at radius 3 is 2.52 bits per heavy atom. The molecule has 0 unspecified atom stereocenters. The number of carbonyl (C=O) groups is 2. The minimum atomic E-state index is -0.915. The third-order valence-electron chi connectivity index (χ3n) is 5.32. The van der Waals surface area contributed by atoms with Crippen molar-refractivity contribution >= 4 is 23.3 Å². The highest BCUT2D eigenvalue weighted by molar-refractivity contribution is 6.51. The molecule has 33 heavy (non-hydrogen) atoms. The number of ketones is 1. The van der Waals surface area contributed by atoms with E-state index in [4.69, 9.17) is 14.0 Å². The van der Waals surface area contributed by atoms with E-state index in [0.29, 0.717) is 35.0 Å². The highest BCUT2D eigenvalue weighted by Crippen LogP contribution is 2.42. The monoisotopic (exact) mass is 448 g/mol. The molecule has 1 atom stereocenters. The van der Waals surface area contributed by atoms with Crippen LogP contribution in [-0.4, -0.2) is 35.7 Å². The summed E-state index contributed by atoms with van der Waals surface area (Å²) < 4.78 is 16.1. The Kier molecular flexibility index (Phi) is 6.17. The maximum Gasteiger partial charge on any atom is 0.301 e. The van der Waals surface area contributed by atoms with Crippen LogP contribution in [0.3, 0.4) is 0 Å². The van der Waals surface area contributed by atoms with E-state index in [-0.39, 0.29) is 17.2 Å². The predicted octanol–water partition coefficient (Wildman–Crippen LogP) is 4.41. The number of aliphatic hydroxyl groups is 1. The normalized spacial score (nSPS) is 17.4. The van der Waals surface area contributed by atoms with Crippen molar-refractivity contribution in [3.8, 4) is 11.5 Å². The Labute approximate surface area is 191 Å². The van der Waals surface area contributed by atoms with Gasteiger partial charge in [0.25, 0.3) is 5.78 Å². The van der Waals surface area contributed by atoms with Gasteiger partial charge in [0.15, 0.2) is 5.82 Å². The molecule has 0 aliphatic carbocycles. The Morgan fingerprint density at radius 1 is 1.12 bits per heavy atom. The Bertz CT molecular complexity index is 1210. The first-order valence-electron chi connectivity index (χ1n) is 10.6. The lowest BCUT2D eigenvalue weighted by atomic mass is 9.95. The van der Waals surface area contributed by atoms with Gasteiger partial charge in [-0.15, -0.1) is 0 Å². The summed E-state index contributed by atoms with van der Waals surface area (Å²) in [4.78, 5) is 27.5. The van der Waals surface area contributed by atoms with E-state index < -0.39 is 17.7 Å². The number of amides is 1. The summed E-state index contributed by atoms with van der Waals surface area (Å²) in [6.45, 7) is 4.22. The summed E-state index contributed by atoms with van der Waals surface area (Å²) in [6, 6.07) is 14.4. The van der Waals surface area contributed by atoms with Crippen molar-refractivity contribution in [2.45, 2.75) is 26.3 Å². The Balaban J connectivity index is 1.88. The first kappa shape index (κ1) is 22.1. The van der Waals surface area contributed by atoms with Gasteiger partial charge in [-0.25, -0.2) is 0 Å². The van der Waals surface area contributed by atoms with Crippen LogP contribution < -0.4 is 14.4 Å². The molecule has 4 rings (SSSR count). The van der Waals surface area contributed by atoms with Crippen molar-refractivity contribution in [1.29, 1.82) is 0 Å². The van der Waals surface area contributed by atoms with E-state index in [1.54, 1.807) is 61.5 Å². The van der Waals surface area contributed by atoms with E-state index >= 15 is 0 Å². The molecule has 8 nitrogen and oxygen atoms in total. The quantitative estimate of drug-likeness (QED) is 0.325. The minimum Gasteiger partial charge on any atom is -0.507 e. The SMILES string of the molecule is CCCOc1cccc([C@@H]2/C(=C(\O)c3ccc(OC)cc3)C(=O)C(=O)N2c2cc(C)on2)c1. The van der Waals surface area contributed by atoms with Crippen LogP contribution in [0.25, 0.3) is 5.76 Å². The van der Waals surface area contributed by atoms with Crippen LogP contribution >= 0.6 is 0 Å². The zero-order valence-corrected chi connectivity index (χ0v) is 18.6. The van der Waals surface area contributed by atoms with Gasteiger partial charge >= 0.3 is 5.91 Å². The molecule has 3 aromatic rings. The van der Waals surface area contributed by atoms with E-state index in [1.807, 2.05) is 6.92 Å². The van der Waals surface area contributed by atoms with E-state index in [1.165, 1.54) is 12.0 Å². The summed E-state index contributed by atoms with van der Waals surface area (Å²) in [5, 5.41) is 15.1. The lowest BCUT2D eigenvalue weighted by Crippen LogP contribution is -2.29. The number of Topliss-reactive ketones (excluding diaryl/α,β-unsaturated/α-hetero) is 1. The number of aromatic nitrogens is 1. The van der Waals surface area contributed by atoms with Gasteiger partial charge in [0.1, 0.15) is 23.0 Å². The summed E-state index contributed by atoms with van der Waals surface area (Å²) >= 11 is 0. The first-order chi connectivity index (χ1) is 15.9. The van der Waals surface area contributed by atoms with Gasteiger partial charge < -0.3 is 19.1 Å². The molecule has 1 aliphatic heterocycles. The molecule has 1 fully saturated rings. The van der Waals surface area contributed by atoms with E-state index in [0.717, 1.165) is 6.42 Å². The summed E-state index contributed by atoms with van der Waals surface area (Å²) in [5.74, 6) is -0.0297. The molecule has 1 amide bonds. The van der Waals surface area contributed by atoms with Crippen molar-refractivity contribution < 1.29 is 28.7 Å². The molecular formula is C25H24N2O6. The molecule has 170 valence electrons. The van der Waals surface area contributed by atoms with Crippen LogP contribution in [0.4, 0.5) is 5.82 Å². The standard InChI is InChI=1S/C25H24N2O6/c1-4-12-32-19-7-5-6-17(14-19)22-21(23(28)16-8-10-18(31-3)11-9-16)24(29)25(30)27(22)20-13-15(2)33-26-20/h5-11,13-14,22,28H,4,12H2,1-3H3/b23-21+/t22-/m1/s1. The topological polar surface area (TPSA) is 102 Å². The smallest absolute Gasteiger partial charge is 0.301 e. The van der Waals surface area contributed by atoms with Crippen molar-refractivity contribution in [2.75, 3.05) is 18.6 Å². The lowest BCUT2D eigenvalue weighted by molar-refractivity contribution is -0.132. The number of aliphatic hydroxyl groups excluding tert-OH is 1. The van der Waals surface area contributed by atoms with Crippen LogP contribution in [0.1, 0.15) is 36.3 Å². The van der Waals surface area contributed by atoms with Crippen molar-refractivity contribution in [3.63, 3.8) is 0 Å². The van der Waals surface area contributed by atoms with Gasteiger partial charge in [-0.2, -0.15) is 0 Å². The average molecular weight is 448 g/mol. The van der Waals surface area contributed by atoms with Gasteiger partial charge in [0.2, 0.25) is 0 Å². The van der Waals surface area contributed by atoms with Crippen molar-refractivity contribution in [2.24, 2.45) is 0 Å². The van der Waals surface area contributed by atoms with Gasteiger partial charge in [0, 0.05) is 11.6 Å². The highest BCUT2D eigenvalue weighted by Gasteiger charge is 2.48. The number of nitrogens with zero attached hydrogens (tertiary/aromatic N) is 2. The summed E-state index contributed by atoms with van der Waals surface area (Å²) in [7, 11) is 1.54. The van der Waals surface area contributed by atoms with Crippen molar-refractivity contribution in [3.05, 3.63) is 77.1 Å². The second kappa shape index (κ2) is 9.20. The summed E-state index contributed by atoms with van der Waals surface area (Å²) in [6.07, 6.45) is 0.832. The third-order valence-corrected chi connectivity index (χ3v) is 5.32. The highest BCUT2D eigenvalue weighted by atomic mass is 16.5. The van der Waals surface area contributed by atoms with E-state index in [2.05, 4.69) is 5.16 Å². The number of methoxy groups -OCH3 is 1. The maximum absolute atomic E-state index is 13.2. The fourth-order valence-electron chi connectivity index (χ4n) is 3.75. The number of anilines is 1. The number of benzene rings is 2. The lowest BCUT2D eigenvalue weighted by Gasteiger charge is -2.23. The Morgan fingerprint density at radius 2 is 1.88 bits per heavy atom. The molecule has 0 spiro atoms. The number of rotatable bonds is 7. The molecular weight excluding hydrogens is 424 g/mol. The van der Waals surface area contributed by atoms with E-state index in [9.17, 15) is 14.7 Å². The molecule has 2 aromatic carbocycles. The van der Waals surface area contributed by atoms with Gasteiger partial charge in [-0.3, -0.25) is 14.5 Å². The van der Waals surface area contributed by atoms with Crippen LogP contribution in [0.5, 0.6) is 11.5 Å². The zero-order chi connectivity index (χ0) is 23.5. The van der Waals surface area contributed by atoms with Gasteiger partial charge in [-0.05, 0) is 55.3 Å². The largest absolute Gasteiger partial charge is 0.507 e. The second-order valence-corrected chi connectivity index (χ2v) is 7.61. The molecule has 0 saturated carbocycles. The third kappa shape index (κ3) is 4.19. The number of hydrogen-bond donors (Lipinski definition) is 1. The van der Waals surface area contributed by atoms with Gasteiger partial charge in [0.05, 0.1) is 25.3 Å². The number of carbonyl (C=O) groups excluding carboxylic acids is 2. The fourth-order valence-corrected chi connectivity index (χ4v) is 3.75. The second-order valence-electron chi connectivity index (χ2n) is 7.61. The molecule has 1 saturated heterocycles. The molecule has 0 radical (unpaired) electrons. The van der Waals surface area contributed by atoms with Crippen LogP contribution in [0, 0.1) is 6.92 Å².